The molecule has 1 N–H and O–H groups in total. The van der Waals surface area contributed by atoms with Gasteiger partial charge in [-0.2, -0.15) is 0 Å². The van der Waals surface area contributed by atoms with Gasteiger partial charge in [-0.3, -0.25) is 4.79 Å². The molecule has 180 valence electrons. The van der Waals surface area contributed by atoms with Crippen LogP contribution in [-0.2, 0) is 4.74 Å². The Balaban J connectivity index is 2.02. The van der Waals surface area contributed by atoms with Gasteiger partial charge < -0.3 is 24.1 Å². The summed E-state index contributed by atoms with van der Waals surface area (Å²) in [6.45, 7) is 3.98. The maximum Gasteiger partial charge on any atom is 0.255 e. The molecule has 4 rings (SSSR count). The molecule has 3 aromatic carbocycles. The fourth-order valence-corrected chi connectivity index (χ4v) is 4.09. The molecule has 0 aliphatic heterocycles. The van der Waals surface area contributed by atoms with Crippen LogP contribution < -0.4 is 15.0 Å². The van der Waals surface area contributed by atoms with Gasteiger partial charge in [0.25, 0.3) is 5.91 Å². The number of carbonyl (C=O) groups is 1. The number of benzene rings is 3. The van der Waals surface area contributed by atoms with Crippen molar-refractivity contribution < 1.29 is 23.1 Å². The molecule has 7 heteroatoms. The van der Waals surface area contributed by atoms with Gasteiger partial charge >= 0.3 is 0 Å². The molecule has 4 aromatic rings. The lowest BCUT2D eigenvalue weighted by Crippen LogP contribution is -2.18. The van der Waals surface area contributed by atoms with Gasteiger partial charge in [0.2, 0.25) is 0 Å². The summed E-state index contributed by atoms with van der Waals surface area (Å²) in [7, 11) is 8.59. The Bertz CT molecular complexity index is 1420. The number of ether oxygens (including phenoxy) is 2. The highest BCUT2D eigenvalue weighted by molar-refractivity contribution is 6.12. The zero-order chi connectivity index (χ0) is 25.3. The first kappa shape index (κ1) is 23.9. The van der Waals surface area contributed by atoms with E-state index in [4.69, 9.17) is 13.9 Å². The van der Waals surface area contributed by atoms with Crippen LogP contribution in [-0.4, -0.2) is 41.3 Å². The van der Waals surface area contributed by atoms with Gasteiger partial charge in [0.15, 0.2) is 0 Å². The van der Waals surface area contributed by atoms with E-state index in [1.807, 2.05) is 49.3 Å². The number of halogens is 1. The van der Waals surface area contributed by atoms with Gasteiger partial charge in [0.1, 0.15) is 28.7 Å². The largest absolute Gasteiger partial charge is 0.497 e. The lowest BCUT2D eigenvalue weighted by Gasteiger charge is -2.19. The summed E-state index contributed by atoms with van der Waals surface area (Å²) < 4.78 is 30.6. The molecule has 6 nitrogen and oxygen atoms in total. The third-order valence-corrected chi connectivity index (χ3v) is 5.91. The lowest BCUT2D eigenvalue weighted by molar-refractivity contribution is 0.0964. The summed E-state index contributed by atoms with van der Waals surface area (Å²) in [5.41, 5.74) is 4.92. The molecule has 1 heterocycles. The van der Waals surface area contributed by atoms with Gasteiger partial charge in [-0.1, -0.05) is 12.6 Å². The van der Waals surface area contributed by atoms with Crippen LogP contribution in [0, 0.1) is 5.82 Å². The second-order valence-electron chi connectivity index (χ2n) is 8.19. The molecule has 0 radical (unpaired) electrons. The van der Waals surface area contributed by atoms with Crippen LogP contribution in [0.2, 0.25) is 0 Å². The predicted octanol–water partition coefficient (Wildman–Crippen LogP) is 5.96. The first-order valence-electron chi connectivity index (χ1n) is 11.0. The number of rotatable bonds is 7. The number of anilines is 1. The Hall–Kier alpha value is -4.26. The standard InChI is InChI=1S/C28H27FN2O4/c1-16(33-5)20-13-18(9-12-24(20)34-6)21-14-22-25(15-23(21)31(3)4)35-27(26(22)28(32)30-2)17-7-10-19(29)11-8-17/h7-15H,1H2,2-6H3,(H,30,32). The van der Waals surface area contributed by atoms with Crippen LogP contribution in [0.4, 0.5) is 10.1 Å². The van der Waals surface area contributed by atoms with Crippen molar-refractivity contribution >= 4 is 28.3 Å². The predicted molar refractivity (Wildman–Crippen MR) is 137 cm³/mol. The van der Waals surface area contributed by atoms with Crippen LogP contribution in [0.15, 0.2) is 65.6 Å². The topological polar surface area (TPSA) is 63.9 Å². The Morgan fingerprint density at radius 2 is 1.71 bits per heavy atom. The number of hydrogen-bond acceptors (Lipinski definition) is 5. The second kappa shape index (κ2) is 9.54. The van der Waals surface area contributed by atoms with E-state index in [1.54, 1.807) is 33.4 Å². The van der Waals surface area contributed by atoms with Crippen LogP contribution in [0.25, 0.3) is 39.2 Å². The van der Waals surface area contributed by atoms with Crippen molar-refractivity contribution in [3.63, 3.8) is 0 Å². The van der Waals surface area contributed by atoms with E-state index in [1.165, 1.54) is 12.1 Å². The fourth-order valence-electron chi connectivity index (χ4n) is 4.09. The van der Waals surface area contributed by atoms with E-state index >= 15 is 0 Å². The molecule has 0 bridgehead atoms. The van der Waals surface area contributed by atoms with Gasteiger partial charge in [0.05, 0.1) is 25.3 Å². The van der Waals surface area contributed by atoms with Crippen molar-refractivity contribution in [1.29, 1.82) is 0 Å². The van der Waals surface area contributed by atoms with E-state index in [9.17, 15) is 9.18 Å². The third-order valence-electron chi connectivity index (χ3n) is 5.91. The fraction of sp³-hybridized carbons (Fsp3) is 0.179. The molecule has 35 heavy (non-hydrogen) atoms. The van der Waals surface area contributed by atoms with Crippen molar-refractivity contribution in [2.24, 2.45) is 0 Å². The summed E-state index contributed by atoms with van der Waals surface area (Å²) in [6, 6.07) is 15.5. The monoisotopic (exact) mass is 474 g/mol. The first-order valence-corrected chi connectivity index (χ1v) is 11.0. The van der Waals surface area contributed by atoms with Crippen molar-refractivity contribution in [3.05, 3.63) is 78.1 Å². The van der Waals surface area contributed by atoms with Crippen molar-refractivity contribution in [2.45, 2.75) is 0 Å². The molecule has 0 aliphatic carbocycles. The lowest BCUT2D eigenvalue weighted by atomic mass is 9.96. The van der Waals surface area contributed by atoms with Crippen LogP contribution in [0.1, 0.15) is 15.9 Å². The zero-order valence-corrected chi connectivity index (χ0v) is 20.4. The highest BCUT2D eigenvalue weighted by Gasteiger charge is 2.24. The van der Waals surface area contributed by atoms with Gasteiger partial charge in [-0.05, 0) is 48.0 Å². The minimum atomic E-state index is -0.364. The maximum atomic E-state index is 13.5. The van der Waals surface area contributed by atoms with Gasteiger partial charge in [-0.25, -0.2) is 4.39 Å². The Labute approximate surface area is 203 Å². The first-order chi connectivity index (χ1) is 16.8. The van der Waals surface area contributed by atoms with Gasteiger partial charge in [0, 0.05) is 49.4 Å². The van der Waals surface area contributed by atoms with Crippen molar-refractivity contribution in [1.82, 2.24) is 5.32 Å². The summed E-state index contributed by atoms with van der Waals surface area (Å²) >= 11 is 0. The minimum absolute atomic E-state index is 0.296. The summed E-state index contributed by atoms with van der Waals surface area (Å²) in [6.07, 6.45) is 0. The Morgan fingerprint density at radius 1 is 1.03 bits per heavy atom. The van der Waals surface area contributed by atoms with Crippen molar-refractivity contribution in [3.8, 4) is 28.2 Å². The highest BCUT2D eigenvalue weighted by Crippen LogP contribution is 2.42. The molecule has 0 saturated heterocycles. The van der Waals surface area contributed by atoms with Crippen LogP contribution in [0.3, 0.4) is 0 Å². The smallest absolute Gasteiger partial charge is 0.255 e. The van der Waals surface area contributed by atoms with E-state index in [0.29, 0.717) is 39.4 Å². The summed E-state index contributed by atoms with van der Waals surface area (Å²) in [5.74, 6) is 0.834. The molecule has 1 amide bonds. The molecule has 0 aliphatic rings. The van der Waals surface area contributed by atoms with E-state index in [-0.39, 0.29) is 11.7 Å². The third kappa shape index (κ3) is 4.33. The number of nitrogens with zero attached hydrogens (tertiary/aromatic N) is 1. The van der Waals surface area contributed by atoms with Crippen LogP contribution >= 0.6 is 0 Å². The SMILES string of the molecule is C=C(OC)c1cc(-c2cc3c(C(=O)NC)c(-c4ccc(F)cc4)oc3cc2N(C)C)ccc1OC. The average molecular weight is 475 g/mol. The number of methoxy groups -OCH3 is 2. The van der Waals surface area contributed by atoms with Gasteiger partial charge in [-0.15, -0.1) is 0 Å². The average Bonchev–Trinajstić information content (AvgIpc) is 3.25. The number of nitrogens with one attached hydrogen (secondary N) is 1. The van der Waals surface area contributed by atoms with Crippen molar-refractivity contribution in [2.75, 3.05) is 40.3 Å². The molecule has 0 unspecified atom stereocenters. The van der Waals surface area contributed by atoms with Crippen LogP contribution in [0.5, 0.6) is 5.75 Å². The van der Waals surface area contributed by atoms with E-state index in [2.05, 4.69) is 11.9 Å². The molecular weight excluding hydrogens is 447 g/mol. The maximum absolute atomic E-state index is 13.5. The van der Waals surface area contributed by atoms with E-state index in [0.717, 1.165) is 22.4 Å². The Morgan fingerprint density at radius 3 is 2.31 bits per heavy atom. The number of carbonyl (C=O) groups excluding carboxylic acids is 1. The molecule has 0 saturated carbocycles. The number of hydrogen-bond donors (Lipinski definition) is 1. The molecule has 1 aromatic heterocycles. The summed E-state index contributed by atoms with van der Waals surface area (Å²) in [5, 5.41) is 3.34. The van der Waals surface area contributed by atoms with E-state index < -0.39 is 0 Å². The Kier molecular flexibility index (Phi) is 6.51. The molecule has 0 spiro atoms. The number of furan rings is 1. The molecular formula is C28H27FN2O4. The normalized spacial score (nSPS) is 10.8. The second-order valence-corrected chi connectivity index (χ2v) is 8.19. The number of amides is 1. The minimum Gasteiger partial charge on any atom is -0.497 e. The number of fused-ring (bicyclic) bond motifs is 1. The quantitative estimate of drug-likeness (QED) is 0.335. The molecule has 0 fully saturated rings. The molecule has 0 atom stereocenters. The summed E-state index contributed by atoms with van der Waals surface area (Å²) in [4.78, 5) is 15.0. The zero-order valence-electron chi connectivity index (χ0n) is 20.4. The highest BCUT2D eigenvalue weighted by atomic mass is 19.1.